The van der Waals surface area contributed by atoms with Gasteiger partial charge in [-0.25, -0.2) is 9.97 Å². The van der Waals surface area contributed by atoms with Gasteiger partial charge in [0.15, 0.2) is 5.69 Å². The lowest BCUT2D eigenvalue weighted by Gasteiger charge is -2.19. The van der Waals surface area contributed by atoms with Crippen LogP contribution in [0.15, 0.2) is 42.6 Å². The number of aromatic nitrogens is 4. The number of hydrogen-bond donors (Lipinski definition) is 1. The first-order valence-corrected chi connectivity index (χ1v) is 13.0. The van der Waals surface area contributed by atoms with E-state index in [2.05, 4.69) is 20.4 Å². The molecule has 3 heterocycles. The summed E-state index contributed by atoms with van der Waals surface area (Å²) in [5, 5.41) is 7.81. The number of amides is 1. The second-order valence-corrected chi connectivity index (χ2v) is 10.1. The van der Waals surface area contributed by atoms with Crippen molar-refractivity contribution in [3.8, 4) is 11.4 Å². The molecule has 0 bridgehead atoms. The Balaban J connectivity index is 1.76. The van der Waals surface area contributed by atoms with Gasteiger partial charge in [-0.1, -0.05) is 11.6 Å². The molecule has 8 nitrogen and oxygen atoms in total. The quantitative estimate of drug-likeness (QED) is 0.299. The van der Waals surface area contributed by atoms with Crippen molar-refractivity contribution in [2.45, 2.75) is 40.0 Å². The van der Waals surface area contributed by atoms with Crippen molar-refractivity contribution in [3.05, 3.63) is 70.7 Å². The summed E-state index contributed by atoms with van der Waals surface area (Å²) < 4.78 is 43.9. The van der Waals surface area contributed by atoms with Gasteiger partial charge in [-0.2, -0.15) is 18.3 Å². The van der Waals surface area contributed by atoms with E-state index in [4.69, 9.17) is 0 Å². The van der Waals surface area contributed by atoms with E-state index in [0.717, 1.165) is 23.4 Å². The number of carbonyl (C=O) groups excluding carboxylic acids is 1. The Morgan fingerprint density at radius 3 is 2.42 bits per heavy atom. The number of halogens is 3. The average molecular weight is 554 g/mol. The Hall–Kier alpha value is -3.99. The van der Waals surface area contributed by atoms with Crippen molar-refractivity contribution in [1.82, 2.24) is 29.5 Å². The zero-order valence-corrected chi connectivity index (χ0v) is 23.6. The van der Waals surface area contributed by atoms with Gasteiger partial charge >= 0.3 is 6.18 Å². The minimum atomic E-state index is -4.68. The molecule has 0 aliphatic heterocycles. The molecular weight excluding hydrogens is 519 g/mol. The molecule has 40 heavy (non-hydrogen) atoms. The molecule has 0 saturated heterocycles. The molecular formula is C29H34F3N7O. The summed E-state index contributed by atoms with van der Waals surface area (Å²) in [6.45, 7) is 7.80. The molecule has 0 unspecified atom stereocenters. The molecule has 0 spiro atoms. The van der Waals surface area contributed by atoms with Crippen molar-refractivity contribution in [1.29, 1.82) is 0 Å². The predicted octanol–water partition coefficient (Wildman–Crippen LogP) is 5.39. The summed E-state index contributed by atoms with van der Waals surface area (Å²) in [6.07, 6.45) is -2.93. The molecule has 0 saturated carbocycles. The van der Waals surface area contributed by atoms with Gasteiger partial charge in [0.05, 0.1) is 34.4 Å². The molecule has 0 aliphatic carbocycles. The highest BCUT2D eigenvalue weighted by atomic mass is 19.4. The maximum absolute atomic E-state index is 14.0. The van der Waals surface area contributed by atoms with E-state index in [1.165, 1.54) is 18.2 Å². The van der Waals surface area contributed by atoms with Gasteiger partial charge in [0.2, 0.25) is 0 Å². The van der Waals surface area contributed by atoms with Gasteiger partial charge in [0, 0.05) is 49.9 Å². The monoisotopic (exact) mass is 553 g/mol. The van der Waals surface area contributed by atoms with Crippen LogP contribution in [0.3, 0.4) is 0 Å². The summed E-state index contributed by atoms with van der Waals surface area (Å²) in [5.74, 6) is -0.277. The first kappa shape index (κ1) is 29.0. The zero-order valence-electron chi connectivity index (χ0n) is 23.6. The highest BCUT2D eigenvalue weighted by molar-refractivity contribution is 6.07. The zero-order chi connectivity index (χ0) is 29.2. The number of likely N-dealkylation sites (N-methyl/N-ethyl adjacent to an activating group) is 1. The molecule has 212 valence electrons. The highest BCUT2D eigenvalue weighted by Gasteiger charge is 2.36. The third kappa shape index (κ3) is 6.25. The van der Waals surface area contributed by atoms with Crippen LogP contribution in [0.5, 0.6) is 0 Å². The van der Waals surface area contributed by atoms with Crippen molar-refractivity contribution in [2.24, 2.45) is 0 Å². The van der Waals surface area contributed by atoms with Crippen molar-refractivity contribution in [2.75, 3.05) is 39.5 Å². The Morgan fingerprint density at radius 2 is 1.77 bits per heavy atom. The normalized spacial score (nSPS) is 11.8. The van der Waals surface area contributed by atoms with Gasteiger partial charge in [-0.15, -0.1) is 0 Å². The summed E-state index contributed by atoms with van der Waals surface area (Å²) >= 11 is 0. The molecule has 0 aliphatic rings. The van der Waals surface area contributed by atoms with Gasteiger partial charge in [0.1, 0.15) is 0 Å². The first-order chi connectivity index (χ1) is 18.9. The summed E-state index contributed by atoms with van der Waals surface area (Å²) in [6, 6.07) is 9.87. The molecule has 4 rings (SSSR count). The van der Waals surface area contributed by atoms with E-state index in [-0.39, 0.29) is 23.0 Å². The number of aryl methyl sites for hydroxylation is 2. The number of fused-ring (bicyclic) bond motifs is 1. The van der Waals surface area contributed by atoms with Crippen LogP contribution in [-0.2, 0) is 19.3 Å². The van der Waals surface area contributed by atoms with E-state index in [1.807, 2.05) is 56.6 Å². The Kier molecular flexibility index (Phi) is 8.43. The molecule has 0 fully saturated rings. The Bertz CT molecular complexity index is 1530. The van der Waals surface area contributed by atoms with Crippen LogP contribution in [0.25, 0.3) is 22.3 Å². The van der Waals surface area contributed by atoms with Crippen molar-refractivity contribution >= 4 is 22.5 Å². The fourth-order valence-electron chi connectivity index (χ4n) is 4.51. The molecule has 3 aromatic heterocycles. The van der Waals surface area contributed by atoms with E-state index in [9.17, 15) is 18.0 Å². The van der Waals surface area contributed by atoms with Crippen molar-refractivity contribution < 1.29 is 18.0 Å². The maximum atomic E-state index is 14.0. The van der Waals surface area contributed by atoms with E-state index in [0.29, 0.717) is 36.1 Å². The molecule has 4 aromatic rings. The molecule has 0 radical (unpaired) electrons. The Labute approximate surface area is 231 Å². The summed E-state index contributed by atoms with van der Waals surface area (Å²) in [5.41, 5.74) is 2.76. The number of nitrogens with zero attached hydrogens (tertiary/aromatic N) is 6. The lowest BCUT2D eigenvalue weighted by Crippen LogP contribution is -2.27. The number of rotatable bonds is 9. The van der Waals surface area contributed by atoms with Crippen LogP contribution >= 0.6 is 0 Å². The number of benzene rings is 1. The fraction of sp³-hybridized carbons (Fsp3) is 0.379. The number of nitrogens with one attached hydrogen (secondary N) is 1. The number of anilines is 1. The first-order valence-electron chi connectivity index (χ1n) is 13.0. The van der Waals surface area contributed by atoms with E-state index in [1.54, 1.807) is 24.2 Å². The van der Waals surface area contributed by atoms with Crippen LogP contribution in [0.2, 0.25) is 0 Å². The summed E-state index contributed by atoms with van der Waals surface area (Å²) in [7, 11) is 5.38. The molecule has 11 heteroatoms. The molecule has 0 atom stereocenters. The van der Waals surface area contributed by atoms with Crippen LogP contribution in [0.1, 0.15) is 39.8 Å². The van der Waals surface area contributed by atoms with Crippen LogP contribution in [0.4, 0.5) is 18.9 Å². The van der Waals surface area contributed by atoms with Gasteiger partial charge in [0.25, 0.3) is 5.91 Å². The number of carbonyl (C=O) groups is 1. The van der Waals surface area contributed by atoms with E-state index >= 15 is 0 Å². The highest BCUT2D eigenvalue weighted by Crippen LogP contribution is 2.35. The SMILES string of the molecule is CCn1ncc(CN(C)C(=O)c2cc(-c3ccc(NCCN(C)C)c(C(F)(F)F)n3)nc3ccc(C)cc23)c1C. The van der Waals surface area contributed by atoms with Gasteiger partial charge in [-0.3, -0.25) is 9.48 Å². The second-order valence-electron chi connectivity index (χ2n) is 10.1. The predicted molar refractivity (Wildman–Crippen MR) is 150 cm³/mol. The standard InChI is InChI=1S/C29H34F3N7O/c1-7-39-19(3)20(16-34-39)17-38(6)28(40)22-15-26(35-23-9-8-18(2)14-21(22)23)24-10-11-25(33-12-13-37(4)5)27(36-24)29(30,31)32/h8-11,14-16,33H,7,12-13,17H2,1-6H3. The van der Waals surface area contributed by atoms with E-state index < -0.39 is 11.9 Å². The smallest absolute Gasteiger partial charge is 0.382 e. The maximum Gasteiger partial charge on any atom is 0.435 e. The summed E-state index contributed by atoms with van der Waals surface area (Å²) in [4.78, 5) is 25.8. The number of pyridine rings is 2. The lowest BCUT2D eigenvalue weighted by atomic mass is 10.0. The van der Waals surface area contributed by atoms with Crippen LogP contribution in [-0.4, -0.2) is 69.7 Å². The Morgan fingerprint density at radius 1 is 1.02 bits per heavy atom. The third-order valence-corrected chi connectivity index (χ3v) is 6.75. The van der Waals surface area contributed by atoms with Gasteiger partial charge < -0.3 is 15.1 Å². The minimum Gasteiger partial charge on any atom is -0.382 e. The lowest BCUT2D eigenvalue weighted by molar-refractivity contribution is -0.140. The number of hydrogen-bond acceptors (Lipinski definition) is 6. The molecule has 1 amide bonds. The largest absolute Gasteiger partial charge is 0.435 e. The molecule has 1 aromatic carbocycles. The van der Waals surface area contributed by atoms with Crippen LogP contribution in [0, 0.1) is 13.8 Å². The second kappa shape index (κ2) is 11.6. The topological polar surface area (TPSA) is 79.2 Å². The fourth-order valence-corrected chi connectivity index (χ4v) is 4.51. The molecule has 1 N–H and O–H groups in total. The minimum absolute atomic E-state index is 0.0322. The number of alkyl halides is 3. The van der Waals surface area contributed by atoms with Crippen LogP contribution < -0.4 is 5.32 Å². The third-order valence-electron chi connectivity index (χ3n) is 6.75. The van der Waals surface area contributed by atoms with Crippen molar-refractivity contribution in [3.63, 3.8) is 0 Å². The van der Waals surface area contributed by atoms with Gasteiger partial charge in [-0.05, 0) is 65.2 Å². The average Bonchev–Trinajstić information content (AvgIpc) is 3.25.